The molecule has 0 unspecified atom stereocenters. The highest BCUT2D eigenvalue weighted by molar-refractivity contribution is 5.84. The maximum absolute atomic E-state index is 5.87. The van der Waals surface area contributed by atoms with Crippen LogP contribution in [-0.2, 0) is 0 Å². The number of benzene rings is 3. The molecule has 0 aliphatic carbocycles. The summed E-state index contributed by atoms with van der Waals surface area (Å²) in [6.07, 6.45) is 0. The van der Waals surface area contributed by atoms with Crippen molar-refractivity contribution in [2.24, 2.45) is 0 Å². The maximum Gasteiger partial charge on any atom is 0.128 e. The van der Waals surface area contributed by atoms with Crippen molar-refractivity contribution in [2.45, 2.75) is 13.8 Å². The highest BCUT2D eigenvalue weighted by Gasteiger charge is 2.00. The molecule has 0 aromatic heterocycles. The van der Waals surface area contributed by atoms with Gasteiger partial charge in [-0.05, 0) is 48.9 Å². The molecule has 19 heavy (non-hydrogen) atoms. The fourth-order valence-corrected chi connectivity index (χ4v) is 2.15. The fraction of sp³-hybridized carbons (Fsp3) is 0.111. The van der Waals surface area contributed by atoms with Crippen LogP contribution in [0.2, 0.25) is 0 Å². The zero-order valence-electron chi connectivity index (χ0n) is 11.2. The van der Waals surface area contributed by atoms with Crippen LogP contribution in [0.5, 0.6) is 11.5 Å². The van der Waals surface area contributed by atoms with Crippen LogP contribution < -0.4 is 4.74 Å². The molecule has 0 aliphatic heterocycles. The molecule has 0 saturated carbocycles. The second-order valence-electron chi connectivity index (χ2n) is 4.93. The second-order valence-corrected chi connectivity index (χ2v) is 4.93. The van der Waals surface area contributed by atoms with Gasteiger partial charge in [-0.3, -0.25) is 0 Å². The monoisotopic (exact) mass is 248 g/mol. The molecule has 0 saturated heterocycles. The maximum atomic E-state index is 5.87. The van der Waals surface area contributed by atoms with Crippen molar-refractivity contribution < 1.29 is 4.74 Å². The van der Waals surface area contributed by atoms with Gasteiger partial charge in [0.1, 0.15) is 11.5 Å². The first-order chi connectivity index (χ1) is 9.20. The lowest BCUT2D eigenvalue weighted by atomic mass is 10.1. The van der Waals surface area contributed by atoms with Gasteiger partial charge in [0.05, 0.1) is 0 Å². The number of ether oxygens (including phenoxy) is 1. The van der Waals surface area contributed by atoms with E-state index in [1.165, 1.54) is 21.9 Å². The molecular weight excluding hydrogens is 232 g/mol. The Morgan fingerprint density at radius 2 is 1.16 bits per heavy atom. The molecular formula is C18H16O. The molecule has 3 rings (SSSR count). The Kier molecular flexibility index (Phi) is 2.96. The normalized spacial score (nSPS) is 10.6. The molecule has 0 radical (unpaired) electrons. The van der Waals surface area contributed by atoms with Crippen molar-refractivity contribution in [1.29, 1.82) is 0 Å². The average molecular weight is 248 g/mol. The minimum Gasteiger partial charge on any atom is -0.457 e. The zero-order chi connectivity index (χ0) is 13.2. The molecule has 94 valence electrons. The summed E-state index contributed by atoms with van der Waals surface area (Å²) in [5.41, 5.74) is 2.51. The molecule has 3 aromatic carbocycles. The summed E-state index contributed by atoms with van der Waals surface area (Å²) in [5, 5.41) is 2.45. The van der Waals surface area contributed by atoms with Gasteiger partial charge >= 0.3 is 0 Å². The summed E-state index contributed by atoms with van der Waals surface area (Å²) in [4.78, 5) is 0. The summed E-state index contributed by atoms with van der Waals surface area (Å²) >= 11 is 0. The molecule has 0 aliphatic rings. The van der Waals surface area contributed by atoms with E-state index in [1.54, 1.807) is 0 Å². The number of fused-ring (bicyclic) bond motifs is 1. The van der Waals surface area contributed by atoms with E-state index in [1.807, 2.05) is 18.2 Å². The molecule has 3 aromatic rings. The van der Waals surface area contributed by atoms with Crippen LogP contribution in [-0.4, -0.2) is 0 Å². The molecule has 0 fully saturated rings. The first kappa shape index (κ1) is 11.8. The summed E-state index contributed by atoms with van der Waals surface area (Å²) in [6.45, 7) is 4.18. The quantitative estimate of drug-likeness (QED) is 0.602. The molecule has 1 nitrogen and oxygen atoms in total. The van der Waals surface area contributed by atoms with E-state index < -0.39 is 0 Å². The van der Waals surface area contributed by atoms with Crippen LogP contribution in [0.1, 0.15) is 11.1 Å². The van der Waals surface area contributed by atoms with E-state index >= 15 is 0 Å². The van der Waals surface area contributed by atoms with Crippen LogP contribution in [0.25, 0.3) is 10.8 Å². The number of hydrogen-bond donors (Lipinski definition) is 0. The highest BCUT2D eigenvalue weighted by atomic mass is 16.5. The predicted molar refractivity (Wildman–Crippen MR) is 79.9 cm³/mol. The summed E-state index contributed by atoms with van der Waals surface area (Å²) < 4.78 is 5.87. The van der Waals surface area contributed by atoms with Crippen molar-refractivity contribution in [2.75, 3.05) is 0 Å². The SMILES string of the molecule is Cc1ccc(Oc2ccc3cc(C)ccc3c2)cc1. The van der Waals surface area contributed by atoms with Crippen LogP contribution >= 0.6 is 0 Å². The first-order valence-electron chi connectivity index (χ1n) is 6.46. The molecule has 0 amide bonds. The van der Waals surface area contributed by atoms with Gasteiger partial charge in [0.25, 0.3) is 0 Å². The van der Waals surface area contributed by atoms with Crippen LogP contribution in [0.4, 0.5) is 0 Å². The standard InChI is InChI=1S/C18H16O/c1-13-4-8-17(9-5-13)19-18-10-7-15-11-14(2)3-6-16(15)12-18/h3-12H,1-2H3. The third kappa shape index (κ3) is 2.60. The minimum absolute atomic E-state index is 0.872. The zero-order valence-corrected chi connectivity index (χ0v) is 11.2. The van der Waals surface area contributed by atoms with Crippen LogP contribution in [0.15, 0.2) is 60.7 Å². The number of aryl methyl sites for hydroxylation is 2. The van der Waals surface area contributed by atoms with Gasteiger partial charge < -0.3 is 4.74 Å². The fourth-order valence-electron chi connectivity index (χ4n) is 2.15. The topological polar surface area (TPSA) is 9.23 Å². The number of rotatable bonds is 2. The average Bonchev–Trinajstić information content (AvgIpc) is 2.42. The third-order valence-electron chi connectivity index (χ3n) is 3.22. The summed E-state index contributed by atoms with van der Waals surface area (Å²) in [6, 6.07) is 20.7. The lowest BCUT2D eigenvalue weighted by molar-refractivity contribution is 0.483. The van der Waals surface area contributed by atoms with Gasteiger partial charge in [0, 0.05) is 0 Å². The molecule has 0 spiro atoms. The first-order valence-corrected chi connectivity index (χ1v) is 6.46. The Morgan fingerprint density at radius 3 is 1.95 bits per heavy atom. The van der Waals surface area contributed by atoms with E-state index in [0.717, 1.165) is 11.5 Å². The lowest BCUT2D eigenvalue weighted by Crippen LogP contribution is -1.85. The van der Waals surface area contributed by atoms with Crippen molar-refractivity contribution in [3.05, 3.63) is 71.8 Å². The van der Waals surface area contributed by atoms with Crippen LogP contribution in [0.3, 0.4) is 0 Å². The van der Waals surface area contributed by atoms with Gasteiger partial charge in [-0.2, -0.15) is 0 Å². The van der Waals surface area contributed by atoms with Gasteiger partial charge in [0.15, 0.2) is 0 Å². The molecule has 0 N–H and O–H groups in total. The smallest absolute Gasteiger partial charge is 0.128 e. The molecule has 0 atom stereocenters. The molecule has 0 heterocycles. The van der Waals surface area contributed by atoms with E-state index in [9.17, 15) is 0 Å². The van der Waals surface area contributed by atoms with Crippen molar-refractivity contribution in [1.82, 2.24) is 0 Å². The lowest BCUT2D eigenvalue weighted by Gasteiger charge is -2.07. The Labute approximate surface area is 113 Å². The minimum atomic E-state index is 0.872. The van der Waals surface area contributed by atoms with E-state index in [4.69, 9.17) is 4.74 Å². The Morgan fingerprint density at radius 1 is 0.579 bits per heavy atom. The molecule has 1 heteroatoms. The van der Waals surface area contributed by atoms with Gasteiger partial charge in [0.2, 0.25) is 0 Å². The summed E-state index contributed by atoms with van der Waals surface area (Å²) in [5.74, 6) is 1.75. The van der Waals surface area contributed by atoms with Crippen molar-refractivity contribution in [3.8, 4) is 11.5 Å². The van der Waals surface area contributed by atoms with Crippen LogP contribution in [0, 0.1) is 13.8 Å². The van der Waals surface area contributed by atoms with Gasteiger partial charge in [-0.1, -0.05) is 47.5 Å². The Bertz CT molecular complexity index is 711. The highest BCUT2D eigenvalue weighted by Crippen LogP contribution is 2.26. The largest absolute Gasteiger partial charge is 0.457 e. The predicted octanol–water partition coefficient (Wildman–Crippen LogP) is 5.25. The van der Waals surface area contributed by atoms with E-state index in [2.05, 4.69) is 56.3 Å². The molecule has 0 bridgehead atoms. The van der Waals surface area contributed by atoms with Gasteiger partial charge in [-0.25, -0.2) is 0 Å². The number of hydrogen-bond acceptors (Lipinski definition) is 1. The van der Waals surface area contributed by atoms with Crippen molar-refractivity contribution in [3.63, 3.8) is 0 Å². The van der Waals surface area contributed by atoms with E-state index in [-0.39, 0.29) is 0 Å². The Balaban J connectivity index is 1.93. The third-order valence-corrected chi connectivity index (χ3v) is 3.22. The second kappa shape index (κ2) is 4.77. The Hall–Kier alpha value is -2.28. The van der Waals surface area contributed by atoms with Crippen molar-refractivity contribution >= 4 is 10.8 Å². The van der Waals surface area contributed by atoms with Gasteiger partial charge in [-0.15, -0.1) is 0 Å². The summed E-state index contributed by atoms with van der Waals surface area (Å²) in [7, 11) is 0. The van der Waals surface area contributed by atoms with E-state index in [0.29, 0.717) is 0 Å².